The first-order valence-corrected chi connectivity index (χ1v) is 7.90. The van der Waals surface area contributed by atoms with E-state index < -0.39 is 0 Å². The molecule has 0 radical (unpaired) electrons. The van der Waals surface area contributed by atoms with Crippen LogP contribution in [0.5, 0.6) is 0 Å². The van der Waals surface area contributed by atoms with E-state index in [9.17, 15) is 4.79 Å². The van der Waals surface area contributed by atoms with Crippen molar-refractivity contribution in [3.8, 4) is 11.3 Å². The lowest BCUT2D eigenvalue weighted by Crippen LogP contribution is -2.26. The maximum absolute atomic E-state index is 12.5. The number of nitrogens with one attached hydrogen (secondary N) is 1. The smallest absolute Gasteiger partial charge is 0.272 e. The van der Waals surface area contributed by atoms with Gasteiger partial charge in [0.15, 0.2) is 5.69 Å². The topological polar surface area (TPSA) is 54.9 Å². The first-order valence-electron chi connectivity index (χ1n) is 7.90. The summed E-state index contributed by atoms with van der Waals surface area (Å²) in [4.78, 5) is 21.8. The van der Waals surface area contributed by atoms with Gasteiger partial charge in [0.1, 0.15) is 5.69 Å². The minimum atomic E-state index is -0.171. The zero-order valence-corrected chi connectivity index (χ0v) is 13.1. The molecule has 0 spiro atoms. The average molecular weight is 305 g/mol. The number of benzene rings is 2. The van der Waals surface area contributed by atoms with Crippen LogP contribution in [-0.2, 0) is 0 Å². The van der Waals surface area contributed by atoms with Gasteiger partial charge in [-0.3, -0.25) is 4.79 Å². The molecule has 0 saturated carbocycles. The van der Waals surface area contributed by atoms with E-state index in [1.807, 2.05) is 54.6 Å². The van der Waals surface area contributed by atoms with Crippen LogP contribution >= 0.6 is 0 Å². The Labute approximate surface area is 135 Å². The van der Waals surface area contributed by atoms with Crippen molar-refractivity contribution < 1.29 is 4.79 Å². The predicted octanol–water partition coefficient (Wildman–Crippen LogP) is 3.83. The average Bonchev–Trinajstić information content (AvgIpc) is 2.61. The standard InChI is InChI=1S/C19H19N3O/c1-2-3-13-20-19(23)18-17(14-9-5-4-6-10-14)21-15-11-7-8-12-16(15)22-18/h4-12H,2-3,13H2,1H3,(H,20,23). The minimum absolute atomic E-state index is 0.171. The highest BCUT2D eigenvalue weighted by Crippen LogP contribution is 2.23. The van der Waals surface area contributed by atoms with Crippen molar-refractivity contribution in [2.75, 3.05) is 6.54 Å². The normalized spacial score (nSPS) is 10.7. The van der Waals surface area contributed by atoms with Crippen LogP contribution < -0.4 is 5.32 Å². The molecule has 3 rings (SSSR count). The van der Waals surface area contributed by atoms with Gasteiger partial charge >= 0.3 is 0 Å². The van der Waals surface area contributed by atoms with E-state index in [-0.39, 0.29) is 5.91 Å². The van der Waals surface area contributed by atoms with Crippen molar-refractivity contribution in [2.45, 2.75) is 19.8 Å². The van der Waals surface area contributed by atoms with E-state index in [4.69, 9.17) is 0 Å². The van der Waals surface area contributed by atoms with Gasteiger partial charge in [-0.05, 0) is 18.6 Å². The van der Waals surface area contributed by atoms with Crippen molar-refractivity contribution >= 4 is 16.9 Å². The minimum Gasteiger partial charge on any atom is -0.351 e. The van der Waals surface area contributed by atoms with E-state index in [1.54, 1.807) is 0 Å². The Morgan fingerprint density at radius 1 is 0.957 bits per heavy atom. The van der Waals surface area contributed by atoms with Crippen LogP contribution in [0, 0.1) is 0 Å². The first kappa shape index (κ1) is 15.2. The molecule has 0 aliphatic heterocycles. The SMILES string of the molecule is CCCCNC(=O)c1nc2ccccc2nc1-c1ccccc1. The van der Waals surface area contributed by atoms with Crippen LogP contribution in [0.3, 0.4) is 0 Å². The summed E-state index contributed by atoms with van der Waals surface area (Å²) in [5, 5.41) is 2.93. The molecule has 4 nitrogen and oxygen atoms in total. The highest BCUT2D eigenvalue weighted by molar-refractivity contribution is 6.00. The molecule has 0 bridgehead atoms. The van der Waals surface area contributed by atoms with E-state index >= 15 is 0 Å². The lowest BCUT2D eigenvalue weighted by molar-refractivity contribution is 0.0949. The van der Waals surface area contributed by atoms with Crippen LogP contribution in [0.2, 0.25) is 0 Å². The molecule has 4 heteroatoms. The summed E-state index contributed by atoms with van der Waals surface area (Å²) in [5.41, 5.74) is 3.42. The molecule has 1 N–H and O–H groups in total. The molecule has 0 atom stereocenters. The fourth-order valence-electron chi connectivity index (χ4n) is 2.42. The molecule has 0 fully saturated rings. The Morgan fingerprint density at radius 2 is 1.61 bits per heavy atom. The number of nitrogens with zero attached hydrogens (tertiary/aromatic N) is 2. The molecule has 0 aliphatic carbocycles. The fourth-order valence-corrected chi connectivity index (χ4v) is 2.42. The Hall–Kier alpha value is -2.75. The number of rotatable bonds is 5. The van der Waals surface area contributed by atoms with Gasteiger partial charge in [-0.1, -0.05) is 55.8 Å². The second-order valence-electron chi connectivity index (χ2n) is 5.39. The number of unbranched alkanes of at least 4 members (excludes halogenated alkanes) is 1. The number of carbonyl (C=O) groups is 1. The Morgan fingerprint density at radius 3 is 2.30 bits per heavy atom. The summed E-state index contributed by atoms with van der Waals surface area (Å²) < 4.78 is 0. The highest BCUT2D eigenvalue weighted by Gasteiger charge is 2.17. The van der Waals surface area contributed by atoms with E-state index in [2.05, 4.69) is 22.2 Å². The molecule has 0 aliphatic rings. The van der Waals surface area contributed by atoms with E-state index in [0.29, 0.717) is 17.9 Å². The number of hydrogen-bond donors (Lipinski definition) is 1. The van der Waals surface area contributed by atoms with Crippen LogP contribution in [0.25, 0.3) is 22.3 Å². The lowest BCUT2D eigenvalue weighted by atomic mass is 10.1. The Kier molecular flexibility index (Phi) is 4.62. The third kappa shape index (κ3) is 3.37. The van der Waals surface area contributed by atoms with Crippen molar-refractivity contribution in [2.24, 2.45) is 0 Å². The number of fused-ring (bicyclic) bond motifs is 1. The third-order valence-electron chi connectivity index (χ3n) is 3.65. The molecule has 1 aromatic heterocycles. The van der Waals surface area contributed by atoms with Crippen molar-refractivity contribution in [3.05, 3.63) is 60.3 Å². The van der Waals surface area contributed by atoms with Gasteiger partial charge in [0, 0.05) is 12.1 Å². The van der Waals surface area contributed by atoms with Crippen LogP contribution in [0.15, 0.2) is 54.6 Å². The van der Waals surface area contributed by atoms with Gasteiger partial charge in [-0.15, -0.1) is 0 Å². The van der Waals surface area contributed by atoms with Gasteiger partial charge in [-0.25, -0.2) is 9.97 Å². The summed E-state index contributed by atoms with van der Waals surface area (Å²) in [6, 6.07) is 17.3. The van der Waals surface area contributed by atoms with Crippen molar-refractivity contribution in [1.82, 2.24) is 15.3 Å². The molecule has 1 heterocycles. The van der Waals surface area contributed by atoms with E-state index in [1.165, 1.54) is 0 Å². The molecule has 1 amide bonds. The molecular formula is C19H19N3O. The van der Waals surface area contributed by atoms with Crippen LogP contribution in [-0.4, -0.2) is 22.4 Å². The third-order valence-corrected chi connectivity index (χ3v) is 3.65. The van der Waals surface area contributed by atoms with Crippen molar-refractivity contribution in [3.63, 3.8) is 0 Å². The summed E-state index contributed by atoms with van der Waals surface area (Å²) in [6.07, 6.45) is 1.99. The Bertz CT molecular complexity index is 815. The monoisotopic (exact) mass is 305 g/mol. The van der Waals surface area contributed by atoms with Gasteiger partial charge in [0.25, 0.3) is 5.91 Å². The summed E-state index contributed by atoms with van der Waals surface area (Å²) in [6.45, 7) is 2.75. The summed E-state index contributed by atoms with van der Waals surface area (Å²) in [7, 11) is 0. The molecular weight excluding hydrogens is 286 g/mol. The van der Waals surface area contributed by atoms with Gasteiger partial charge in [0.05, 0.1) is 11.0 Å². The predicted molar refractivity (Wildman–Crippen MR) is 92.2 cm³/mol. The zero-order chi connectivity index (χ0) is 16.1. The zero-order valence-electron chi connectivity index (χ0n) is 13.1. The molecule has 3 aromatic rings. The molecule has 116 valence electrons. The quantitative estimate of drug-likeness (QED) is 0.729. The number of carbonyl (C=O) groups excluding carboxylic acids is 1. The van der Waals surface area contributed by atoms with Gasteiger partial charge in [-0.2, -0.15) is 0 Å². The highest BCUT2D eigenvalue weighted by atomic mass is 16.1. The van der Waals surface area contributed by atoms with Gasteiger partial charge < -0.3 is 5.32 Å². The largest absolute Gasteiger partial charge is 0.351 e. The number of hydrogen-bond acceptors (Lipinski definition) is 3. The molecule has 23 heavy (non-hydrogen) atoms. The first-order chi connectivity index (χ1) is 11.3. The second kappa shape index (κ2) is 7.01. The maximum atomic E-state index is 12.5. The fraction of sp³-hybridized carbons (Fsp3) is 0.211. The molecule has 0 saturated heterocycles. The number of amides is 1. The number of para-hydroxylation sites is 2. The van der Waals surface area contributed by atoms with Crippen molar-refractivity contribution in [1.29, 1.82) is 0 Å². The molecule has 2 aromatic carbocycles. The maximum Gasteiger partial charge on any atom is 0.272 e. The summed E-state index contributed by atoms with van der Waals surface area (Å²) >= 11 is 0. The van der Waals surface area contributed by atoms with Crippen LogP contribution in [0.4, 0.5) is 0 Å². The summed E-state index contributed by atoms with van der Waals surface area (Å²) in [5.74, 6) is -0.171. The van der Waals surface area contributed by atoms with Crippen LogP contribution in [0.1, 0.15) is 30.3 Å². The molecule has 0 unspecified atom stereocenters. The van der Waals surface area contributed by atoms with Gasteiger partial charge in [0.2, 0.25) is 0 Å². The van der Waals surface area contributed by atoms with E-state index in [0.717, 1.165) is 29.4 Å². The lowest BCUT2D eigenvalue weighted by Gasteiger charge is -2.10. The Balaban J connectivity index is 2.08. The second-order valence-corrected chi connectivity index (χ2v) is 5.39. The number of aromatic nitrogens is 2.